The summed E-state index contributed by atoms with van der Waals surface area (Å²) in [6, 6.07) is 10.4. The topological polar surface area (TPSA) is 56.3 Å². The zero-order valence-electron chi connectivity index (χ0n) is 17.0. The van der Waals surface area contributed by atoms with E-state index in [0.717, 1.165) is 44.5 Å². The molecule has 3 heterocycles. The van der Waals surface area contributed by atoms with Crippen LogP contribution in [0.4, 0.5) is 4.39 Å². The molecule has 0 bridgehead atoms. The van der Waals surface area contributed by atoms with Crippen LogP contribution in [0.1, 0.15) is 30.8 Å². The van der Waals surface area contributed by atoms with Crippen LogP contribution in [0.15, 0.2) is 47.1 Å². The van der Waals surface area contributed by atoms with E-state index in [1.165, 1.54) is 17.8 Å². The molecule has 154 valence electrons. The molecule has 3 aromatic rings. The first-order valence-corrected chi connectivity index (χ1v) is 10.0. The standard InChI is InChI=1S/C22H27FN4O2/c1-26-12-3-5-19(26)15-27-13-4-10-22(16-27,11-14-28-2)21-24-20(29-25-21)17-6-8-18(23)9-7-17/h3,5-9,12H,4,10-11,13-16H2,1-2H3. The molecule has 1 aromatic carbocycles. The van der Waals surface area contributed by atoms with Crippen molar-refractivity contribution in [1.82, 2.24) is 19.6 Å². The number of likely N-dealkylation sites (tertiary alicyclic amines) is 1. The predicted octanol–water partition coefficient (Wildman–Crippen LogP) is 3.78. The molecule has 1 aliphatic heterocycles. The van der Waals surface area contributed by atoms with Crippen molar-refractivity contribution in [2.24, 2.45) is 7.05 Å². The maximum Gasteiger partial charge on any atom is 0.257 e. The molecule has 1 aliphatic rings. The van der Waals surface area contributed by atoms with Gasteiger partial charge < -0.3 is 13.8 Å². The second-order valence-corrected chi connectivity index (χ2v) is 7.88. The molecule has 1 saturated heterocycles. The second kappa shape index (κ2) is 8.47. The van der Waals surface area contributed by atoms with Crippen molar-refractivity contribution in [2.75, 3.05) is 26.8 Å². The summed E-state index contributed by atoms with van der Waals surface area (Å²) in [5, 5.41) is 4.35. The Morgan fingerprint density at radius 1 is 1.24 bits per heavy atom. The molecule has 29 heavy (non-hydrogen) atoms. The molecular weight excluding hydrogens is 371 g/mol. The van der Waals surface area contributed by atoms with Crippen LogP contribution in [0, 0.1) is 5.82 Å². The van der Waals surface area contributed by atoms with Crippen molar-refractivity contribution >= 4 is 0 Å². The van der Waals surface area contributed by atoms with Gasteiger partial charge >= 0.3 is 0 Å². The Hall–Kier alpha value is -2.51. The number of rotatable bonds is 7. The lowest BCUT2D eigenvalue weighted by Gasteiger charge is -2.41. The van der Waals surface area contributed by atoms with Crippen LogP contribution in [0.3, 0.4) is 0 Å². The van der Waals surface area contributed by atoms with E-state index in [9.17, 15) is 4.39 Å². The number of halogens is 1. The highest BCUT2D eigenvalue weighted by molar-refractivity contribution is 5.52. The zero-order valence-corrected chi connectivity index (χ0v) is 17.0. The molecule has 1 unspecified atom stereocenters. The van der Waals surface area contributed by atoms with Gasteiger partial charge in [-0.05, 0) is 62.2 Å². The highest BCUT2D eigenvalue weighted by Gasteiger charge is 2.41. The molecule has 4 rings (SSSR count). The third-order valence-electron chi connectivity index (χ3n) is 5.87. The molecule has 0 amide bonds. The van der Waals surface area contributed by atoms with Gasteiger partial charge in [0.25, 0.3) is 5.89 Å². The number of aryl methyl sites for hydroxylation is 1. The van der Waals surface area contributed by atoms with Gasteiger partial charge in [0.2, 0.25) is 0 Å². The Bertz CT molecular complexity index is 936. The molecule has 1 fully saturated rings. The molecule has 0 saturated carbocycles. The van der Waals surface area contributed by atoms with Gasteiger partial charge in [0, 0.05) is 56.7 Å². The fourth-order valence-corrected chi connectivity index (χ4v) is 4.20. The van der Waals surface area contributed by atoms with Crippen molar-refractivity contribution in [3.05, 3.63) is 59.9 Å². The second-order valence-electron chi connectivity index (χ2n) is 7.88. The Morgan fingerprint density at radius 3 is 2.79 bits per heavy atom. The summed E-state index contributed by atoms with van der Waals surface area (Å²) < 4.78 is 26.4. The molecule has 1 atom stereocenters. The lowest BCUT2D eigenvalue weighted by atomic mass is 9.76. The third-order valence-corrected chi connectivity index (χ3v) is 5.87. The minimum absolute atomic E-state index is 0.221. The predicted molar refractivity (Wildman–Crippen MR) is 108 cm³/mol. The summed E-state index contributed by atoms with van der Waals surface area (Å²) >= 11 is 0. The quantitative estimate of drug-likeness (QED) is 0.606. The molecule has 0 spiro atoms. The van der Waals surface area contributed by atoms with Crippen LogP contribution in [-0.4, -0.2) is 46.4 Å². The Kier molecular flexibility index (Phi) is 5.78. The maximum atomic E-state index is 13.2. The first kappa shape index (κ1) is 19.8. The summed E-state index contributed by atoms with van der Waals surface area (Å²) in [6.45, 7) is 3.42. The molecule has 0 N–H and O–H groups in total. The summed E-state index contributed by atoms with van der Waals surface area (Å²) in [5.41, 5.74) is 1.79. The number of aromatic nitrogens is 3. The highest BCUT2D eigenvalue weighted by Crippen LogP contribution is 2.37. The average molecular weight is 398 g/mol. The van der Waals surface area contributed by atoms with E-state index in [4.69, 9.17) is 14.2 Å². The van der Waals surface area contributed by atoms with Crippen LogP contribution in [0.25, 0.3) is 11.5 Å². The van der Waals surface area contributed by atoms with Crippen molar-refractivity contribution in [2.45, 2.75) is 31.2 Å². The van der Waals surface area contributed by atoms with Crippen molar-refractivity contribution in [1.29, 1.82) is 0 Å². The van der Waals surface area contributed by atoms with Crippen LogP contribution >= 0.6 is 0 Å². The van der Waals surface area contributed by atoms with Gasteiger partial charge in [0.1, 0.15) is 5.82 Å². The lowest BCUT2D eigenvalue weighted by molar-refractivity contribution is 0.0907. The van der Waals surface area contributed by atoms with E-state index < -0.39 is 0 Å². The first-order chi connectivity index (χ1) is 14.1. The van der Waals surface area contributed by atoms with E-state index in [1.54, 1.807) is 19.2 Å². The Morgan fingerprint density at radius 2 is 2.07 bits per heavy atom. The van der Waals surface area contributed by atoms with Gasteiger partial charge in [-0.1, -0.05) is 5.16 Å². The van der Waals surface area contributed by atoms with Crippen molar-refractivity contribution < 1.29 is 13.7 Å². The number of nitrogens with zero attached hydrogens (tertiary/aromatic N) is 4. The number of hydrogen-bond acceptors (Lipinski definition) is 5. The van der Waals surface area contributed by atoms with Crippen molar-refractivity contribution in [3.8, 4) is 11.5 Å². The number of hydrogen-bond donors (Lipinski definition) is 0. The number of benzene rings is 1. The van der Waals surface area contributed by atoms with E-state index in [2.05, 4.69) is 40.0 Å². The Balaban J connectivity index is 1.59. The van der Waals surface area contributed by atoms with Gasteiger partial charge in [-0.25, -0.2) is 4.39 Å². The maximum absolute atomic E-state index is 13.2. The van der Waals surface area contributed by atoms with E-state index in [-0.39, 0.29) is 11.2 Å². The van der Waals surface area contributed by atoms with Gasteiger partial charge in [-0.2, -0.15) is 4.98 Å². The van der Waals surface area contributed by atoms with E-state index in [1.807, 2.05) is 0 Å². The lowest BCUT2D eigenvalue weighted by Crippen LogP contribution is -2.47. The number of ether oxygens (including phenoxy) is 1. The molecule has 6 nitrogen and oxygen atoms in total. The molecular formula is C22H27FN4O2. The monoisotopic (exact) mass is 398 g/mol. The summed E-state index contributed by atoms with van der Waals surface area (Å²) in [6.07, 6.45) is 4.96. The highest BCUT2D eigenvalue weighted by atomic mass is 19.1. The molecule has 0 radical (unpaired) electrons. The minimum atomic E-state index is -0.284. The largest absolute Gasteiger partial charge is 0.385 e. The molecule has 2 aromatic heterocycles. The average Bonchev–Trinajstić information content (AvgIpc) is 3.38. The van der Waals surface area contributed by atoms with Crippen LogP contribution < -0.4 is 0 Å². The Labute approximate surface area is 170 Å². The van der Waals surface area contributed by atoms with Gasteiger partial charge in [-0.15, -0.1) is 0 Å². The van der Waals surface area contributed by atoms with Crippen LogP contribution in [0.5, 0.6) is 0 Å². The SMILES string of the molecule is COCCC1(c2noc(-c3ccc(F)cc3)n2)CCCN(Cc2cccn2C)C1. The molecule has 0 aliphatic carbocycles. The summed E-state index contributed by atoms with van der Waals surface area (Å²) in [5.74, 6) is 0.857. The minimum Gasteiger partial charge on any atom is -0.385 e. The smallest absolute Gasteiger partial charge is 0.257 e. The summed E-state index contributed by atoms with van der Waals surface area (Å²) in [7, 11) is 3.80. The zero-order chi connectivity index (χ0) is 20.3. The fourth-order valence-electron chi connectivity index (χ4n) is 4.20. The third kappa shape index (κ3) is 4.26. The number of piperidine rings is 1. The van der Waals surface area contributed by atoms with Gasteiger partial charge in [-0.3, -0.25) is 4.90 Å². The number of methoxy groups -OCH3 is 1. The van der Waals surface area contributed by atoms with Crippen molar-refractivity contribution in [3.63, 3.8) is 0 Å². The fraction of sp³-hybridized carbons (Fsp3) is 0.455. The van der Waals surface area contributed by atoms with E-state index in [0.29, 0.717) is 18.3 Å². The first-order valence-electron chi connectivity index (χ1n) is 10.0. The van der Waals surface area contributed by atoms with Crippen LogP contribution in [-0.2, 0) is 23.7 Å². The van der Waals surface area contributed by atoms with E-state index >= 15 is 0 Å². The summed E-state index contributed by atoms with van der Waals surface area (Å²) in [4.78, 5) is 7.18. The van der Waals surface area contributed by atoms with Gasteiger partial charge in [0.15, 0.2) is 5.82 Å². The van der Waals surface area contributed by atoms with Crippen LogP contribution in [0.2, 0.25) is 0 Å². The molecule has 7 heteroatoms. The normalized spacial score (nSPS) is 20.2. The van der Waals surface area contributed by atoms with Gasteiger partial charge in [0.05, 0.1) is 0 Å².